The first-order valence-corrected chi connectivity index (χ1v) is 19.6. The number of carbonyl (C=O) groups is 3. The standard InChI is InChI=1S/C19H25BN4O4.C19H19N5O4S/c1-13(2)10-17(20(27)28)24-18(25)15(11-14-6-4-3-5-7-14)23-19(26)16-12-21-8-9-22-16;25-18(22-26)16-12-20-19(21-13-16)23-7-9-24(10-8-23)29(27,28)17-6-5-14-3-1-2-4-15(14)11-17/h3-9,12-13,15,17,27-28H,10-11H2,1-2H3,(H,23,26)(H,24,25);1-6,11-13,26H,7-10H2,(H,22,25)/t15-,17-;/m0./s1. The second-order valence-electron chi connectivity index (χ2n) is 13.6. The molecule has 0 bridgehead atoms. The number of sulfonamides is 1. The molecular weight excluding hydrogens is 753 g/mol. The maximum Gasteiger partial charge on any atom is 0.475 e. The molecule has 2 aromatic heterocycles. The smallest absolute Gasteiger partial charge is 0.426 e. The summed E-state index contributed by atoms with van der Waals surface area (Å²) in [4.78, 5) is 54.8. The monoisotopic (exact) mass is 797 g/mol. The van der Waals surface area contributed by atoms with Crippen molar-refractivity contribution >= 4 is 51.6 Å². The van der Waals surface area contributed by atoms with E-state index >= 15 is 0 Å². The first kappa shape index (κ1) is 42.3. The van der Waals surface area contributed by atoms with E-state index in [4.69, 9.17) is 5.21 Å². The lowest BCUT2D eigenvalue weighted by Crippen LogP contribution is -2.55. The Morgan fingerprint density at radius 1 is 0.807 bits per heavy atom. The van der Waals surface area contributed by atoms with E-state index in [2.05, 4.69) is 30.6 Å². The van der Waals surface area contributed by atoms with Gasteiger partial charge in [0.15, 0.2) is 0 Å². The lowest BCUT2D eigenvalue weighted by Gasteiger charge is -2.34. The average Bonchev–Trinajstić information content (AvgIpc) is 3.23. The van der Waals surface area contributed by atoms with Crippen LogP contribution in [0.1, 0.15) is 46.7 Å². The minimum Gasteiger partial charge on any atom is -0.426 e. The molecule has 1 saturated heterocycles. The molecule has 298 valence electrons. The van der Waals surface area contributed by atoms with E-state index in [0.717, 1.165) is 16.3 Å². The lowest BCUT2D eigenvalue weighted by atomic mass is 9.75. The van der Waals surface area contributed by atoms with E-state index < -0.39 is 46.8 Å². The zero-order valence-corrected chi connectivity index (χ0v) is 32.2. The molecule has 0 radical (unpaired) electrons. The summed E-state index contributed by atoms with van der Waals surface area (Å²) in [7, 11) is -5.29. The molecule has 17 nitrogen and oxygen atoms in total. The van der Waals surface area contributed by atoms with E-state index in [1.165, 1.54) is 40.8 Å². The molecule has 1 aliphatic heterocycles. The first-order valence-electron chi connectivity index (χ1n) is 18.1. The Hall–Kier alpha value is -5.86. The Labute approximate surface area is 330 Å². The van der Waals surface area contributed by atoms with Gasteiger partial charge in [-0.3, -0.25) is 24.6 Å². The van der Waals surface area contributed by atoms with Gasteiger partial charge >= 0.3 is 7.12 Å². The highest BCUT2D eigenvalue weighted by atomic mass is 32.2. The highest BCUT2D eigenvalue weighted by molar-refractivity contribution is 7.89. The Morgan fingerprint density at radius 2 is 1.47 bits per heavy atom. The van der Waals surface area contributed by atoms with Crippen LogP contribution >= 0.6 is 0 Å². The number of piperazine rings is 1. The second-order valence-corrected chi connectivity index (χ2v) is 15.5. The van der Waals surface area contributed by atoms with Crippen LogP contribution in [-0.4, -0.2) is 111 Å². The maximum absolute atomic E-state index is 13.0. The molecule has 3 amide bonds. The molecule has 5 aromatic rings. The van der Waals surface area contributed by atoms with Crippen molar-refractivity contribution in [2.24, 2.45) is 5.92 Å². The molecule has 19 heteroatoms. The largest absolute Gasteiger partial charge is 0.475 e. The van der Waals surface area contributed by atoms with Gasteiger partial charge in [0.25, 0.3) is 11.8 Å². The van der Waals surface area contributed by atoms with Gasteiger partial charge in [0, 0.05) is 57.4 Å². The Balaban J connectivity index is 0.000000218. The third-order valence-electron chi connectivity index (χ3n) is 9.00. The van der Waals surface area contributed by atoms with Crippen molar-refractivity contribution in [2.45, 2.75) is 43.6 Å². The van der Waals surface area contributed by atoms with Crippen LogP contribution in [0, 0.1) is 5.92 Å². The van der Waals surface area contributed by atoms with Gasteiger partial charge < -0.3 is 25.6 Å². The number of nitrogens with one attached hydrogen (secondary N) is 3. The zero-order valence-electron chi connectivity index (χ0n) is 31.3. The van der Waals surface area contributed by atoms with Crippen molar-refractivity contribution in [3.8, 4) is 0 Å². The first-order chi connectivity index (χ1) is 27.3. The molecule has 57 heavy (non-hydrogen) atoms. The third-order valence-corrected chi connectivity index (χ3v) is 10.9. The summed E-state index contributed by atoms with van der Waals surface area (Å²) in [5.41, 5.74) is 2.60. The summed E-state index contributed by atoms with van der Waals surface area (Å²) >= 11 is 0. The van der Waals surface area contributed by atoms with Gasteiger partial charge in [-0.25, -0.2) is 28.8 Å². The van der Waals surface area contributed by atoms with Gasteiger partial charge in [-0.05, 0) is 40.8 Å². The fraction of sp³-hybridized carbons (Fsp3) is 0.289. The van der Waals surface area contributed by atoms with Gasteiger partial charge in [-0.15, -0.1) is 0 Å². The Kier molecular flexibility index (Phi) is 14.7. The van der Waals surface area contributed by atoms with Gasteiger partial charge in [0.05, 0.1) is 22.6 Å². The number of rotatable bonds is 13. The quantitative estimate of drug-likeness (QED) is 0.0565. The van der Waals surface area contributed by atoms with E-state index in [-0.39, 0.29) is 28.5 Å². The highest BCUT2D eigenvalue weighted by Gasteiger charge is 2.31. The Bertz CT molecular complexity index is 2210. The average molecular weight is 798 g/mol. The van der Waals surface area contributed by atoms with E-state index in [1.807, 2.05) is 79.4 Å². The molecule has 3 heterocycles. The summed E-state index contributed by atoms with van der Waals surface area (Å²) < 4.78 is 27.5. The van der Waals surface area contributed by atoms with Crippen molar-refractivity contribution in [3.63, 3.8) is 0 Å². The van der Waals surface area contributed by atoms with Crippen LogP contribution in [0.2, 0.25) is 0 Å². The van der Waals surface area contributed by atoms with Crippen molar-refractivity contribution in [1.82, 2.24) is 40.4 Å². The maximum atomic E-state index is 13.0. The van der Waals surface area contributed by atoms with Crippen LogP contribution in [0.25, 0.3) is 10.8 Å². The summed E-state index contributed by atoms with van der Waals surface area (Å²) in [5, 5.41) is 35.0. The number of anilines is 1. The highest BCUT2D eigenvalue weighted by Crippen LogP contribution is 2.23. The van der Waals surface area contributed by atoms with E-state index in [0.29, 0.717) is 38.5 Å². The van der Waals surface area contributed by atoms with Crippen molar-refractivity contribution in [1.29, 1.82) is 0 Å². The number of amides is 3. The molecular formula is C38H44BN9O8S. The van der Waals surface area contributed by atoms with Gasteiger partial charge in [-0.1, -0.05) is 74.5 Å². The molecule has 6 rings (SSSR count). The van der Waals surface area contributed by atoms with Crippen LogP contribution in [0.3, 0.4) is 0 Å². The number of hydrogen-bond acceptors (Lipinski definition) is 13. The number of aromatic nitrogens is 4. The summed E-state index contributed by atoms with van der Waals surface area (Å²) in [5.74, 6) is -2.01. The van der Waals surface area contributed by atoms with E-state index in [9.17, 15) is 32.8 Å². The third kappa shape index (κ3) is 11.6. The van der Waals surface area contributed by atoms with Gasteiger partial charge in [0.2, 0.25) is 21.9 Å². The topological polar surface area (TPSA) is 240 Å². The number of benzene rings is 3. The number of fused-ring (bicyclic) bond motifs is 1. The van der Waals surface area contributed by atoms with Crippen LogP contribution in [0.5, 0.6) is 0 Å². The number of hydrogen-bond donors (Lipinski definition) is 6. The minimum atomic E-state index is -3.60. The van der Waals surface area contributed by atoms with Crippen molar-refractivity contribution in [3.05, 3.63) is 121 Å². The van der Waals surface area contributed by atoms with Crippen LogP contribution in [-0.2, 0) is 21.2 Å². The molecule has 0 aliphatic carbocycles. The number of nitrogens with zero attached hydrogens (tertiary/aromatic N) is 6. The van der Waals surface area contributed by atoms with Gasteiger partial charge in [0.1, 0.15) is 11.7 Å². The number of carbonyl (C=O) groups excluding carboxylic acids is 3. The molecule has 2 atom stereocenters. The minimum absolute atomic E-state index is 0.0919. The Morgan fingerprint density at radius 3 is 2.09 bits per heavy atom. The molecule has 1 aliphatic rings. The fourth-order valence-electron chi connectivity index (χ4n) is 6.03. The zero-order chi connectivity index (χ0) is 41.0. The van der Waals surface area contributed by atoms with Crippen LogP contribution in [0.15, 0.2) is 109 Å². The van der Waals surface area contributed by atoms with E-state index in [1.54, 1.807) is 12.1 Å². The summed E-state index contributed by atoms with van der Waals surface area (Å²) in [6, 6.07) is 21.1. The molecule has 0 unspecified atom stereocenters. The normalized spacial score (nSPS) is 14.2. The predicted molar refractivity (Wildman–Crippen MR) is 211 cm³/mol. The van der Waals surface area contributed by atoms with Crippen molar-refractivity contribution < 1.29 is 38.1 Å². The SMILES string of the molecule is CC(C)C[C@H](NC(=O)[C@H](Cc1ccccc1)NC(=O)c1cnccn1)B(O)O.O=C(NO)c1cnc(N2CCN(S(=O)(=O)c3ccc4ccccc4c3)CC2)nc1. The molecule has 1 fully saturated rings. The molecule has 0 spiro atoms. The van der Waals surface area contributed by atoms with Crippen molar-refractivity contribution in [2.75, 3.05) is 31.1 Å². The van der Waals surface area contributed by atoms with Crippen LogP contribution in [0.4, 0.5) is 5.95 Å². The lowest BCUT2D eigenvalue weighted by molar-refractivity contribution is -0.123. The number of hydroxylamine groups is 1. The summed E-state index contributed by atoms with van der Waals surface area (Å²) in [6.07, 6.45) is 7.41. The summed E-state index contributed by atoms with van der Waals surface area (Å²) in [6.45, 7) is 5.29. The van der Waals surface area contributed by atoms with Crippen LogP contribution < -0.4 is 21.0 Å². The molecule has 0 saturated carbocycles. The predicted octanol–water partition coefficient (Wildman–Crippen LogP) is 1.62. The fourth-order valence-corrected chi connectivity index (χ4v) is 7.48. The molecule has 3 aromatic carbocycles. The molecule has 6 N–H and O–H groups in total. The van der Waals surface area contributed by atoms with Gasteiger partial charge in [-0.2, -0.15) is 4.31 Å². The second kappa shape index (κ2) is 19.8.